The lowest BCUT2D eigenvalue weighted by atomic mass is 9.91. The van der Waals surface area contributed by atoms with Crippen LogP contribution in [-0.4, -0.2) is 54.2 Å². The molecule has 1 fully saturated rings. The number of aliphatic hydroxyl groups is 1. The third-order valence-electron chi connectivity index (χ3n) is 6.09. The lowest BCUT2D eigenvalue weighted by molar-refractivity contribution is -0.143. The van der Waals surface area contributed by atoms with Crippen molar-refractivity contribution in [1.82, 2.24) is 29.6 Å². The summed E-state index contributed by atoms with van der Waals surface area (Å²) in [5.41, 5.74) is 2.45. The van der Waals surface area contributed by atoms with Gasteiger partial charge >= 0.3 is 0 Å². The van der Waals surface area contributed by atoms with E-state index in [-0.39, 0.29) is 11.9 Å². The average molecular weight is 476 g/mol. The van der Waals surface area contributed by atoms with Gasteiger partial charge in [0.25, 0.3) is 5.91 Å². The van der Waals surface area contributed by atoms with E-state index in [0.29, 0.717) is 30.2 Å². The Morgan fingerprint density at radius 3 is 2.79 bits per heavy atom. The van der Waals surface area contributed by atoms with Crippen molar-refractivity contribution in [3.63, 3.8) is 0 Å². The zero-order valence-electron chi connectivity index (χ0n) is 19.1. The molecule has 1 saturated heterocycles. The summed E-state index contributed by atoms with van der Waals surface area (Å²) in [4.78, 5) is 27.8. The fourth-order valence-electron chi connectivity index (χ4n) is 4.07. The Balaban J connectivity index is 1.38. The maximum absolute atomic E-state index is 12.5. The highest BCUT2D eigenvalue weighted by molar-refractivity contribution is 7.13. The Morgan fingerprint density at radius 1 is 1.21 bits per heavy atom. The third kappa shape index (κ3) is 4.06. The van der Waals surface area contributed by atoms with Crippen LogP contribution in [0.3, 0.4) is 0 Å². The number of hydrogen-bond acceptors (Lipinski definition) is 8. The molecule has 3 aromatic heterocycles. The normalized spacial score (nSPS) is 18.9. The quantitative estimate of drug-likeness (QED) is 0.441. The van der Waals surface area contributed by atoms with E-state index >= 15 is 0 Å². The Kier molecular flexibility index (Phi) is 5.62. The average Bonchev–Trinajstić information content (AvgIpc) is 3.57. The maximum atomic E-state index is 12.5. The van der Waals surface area contributed by atoms with Gasteiger partial charge in [-0.1, -0.05) is 18.2 Å². The van der Waals surface area contributed by atoms with Crippen molar-refractivity contribution in [2.24, 2.45) is 7.05 Å². The van der Waals surface area contributed by atoms with E-state index in [1.165, 1.54) is 11.3 Å². The number of likely N-dealkylation sites (tertiary alicyclic amines) is 1. The van der Waals surface area contributed by atoms with E-state index in [2.05, 4.69) is 20.4 Å². The number of nitrogens with one attached hydrogen (secondary N) is 1. The van der Waals surface area contributed by atoms with Gasteiger partial charge in [-0.25, -0.2) is 15.0 Å². The number of carbonyl (C=O) groups is 1. The minimum absolute atomic E-state index is 0.000768. The first-order valence-corrected chi connectivity index (χ1v) is 11.8. The number of anilines is 1. The maximum Gasteiger partial charge on any atom is 0.258 e. The van der Waals surface area contributed by atoms with Gasteiger partial charge in [-0.2, -0.15) is 5.10 Å². The number of amides is 1. The molecule has 4 aromatic rings. The number of aryl methyl sites for hydroxylation is 1. The lowest BCUT2D eigenvalue weighted by Crippen LogP contribution is -2.36. The molecule has 2 atom stereocenters. The lowest BCUT2D eigenvalue weighted by Gasteiger charge is -2.21. The summed E-state index contributed by atoms with van der Waals surface area (Å²) in [5, 5.41) is 21.3. The highest BCUT2D eigenvalue weighted by Gasteiger charge is 2.45. The van der Waals surface area contributed by atoms with E-state index in [9.17, 15) is 9.90 Å². The molecule has 1 aliphatic heterocycles. The highest BCUT2D eigenvalue weighted by atomic mass is 32.1. The number of hydrogen-bond donors (Lipinski definition) is 2. The highest BCUT2D eigenvalue weighted by Crippen LogP contribution is 2.36. The molecule has 9 nitrogen and oxygen atoms in total. The Bertz CT molecular complexity index is 1350. The first-order valence-electron chi connectivity index (χ1n) is 11.0. The molecule has 0 saturated carbocycles. The largest absolute Gasteiger partial charge is 0.375 e. The summed E-state index contributed by atoms with van der Waals surface area (Å²) in [6.45, 7) is 2.56. The SMILES string of the molecule is CC(Nc1nccc(-c2csc(-c3cccc(C4(O)CCN(C)C4=O)c3)n2)n1)c1cnn(C)c1. The van der Waals surface area contributed by atoms with Gasteiger partial charge in [-0.3, -0.25) is 9.48 Å². The molecule has 2 unspecified atom stereocenters. The number of rotatable bonds is 6. The second-order valence-electron chi connectivity index (χ2n) is 8.53. The molecule has 2 N–H and O–H groups in total. The van der Waals surface area contributed by atoms with E-state index in [1.807, 2.05) is 56.0 Å². The fourth-order valence-corrected chi connectivity index (χ4v) is 4.88. The molecule has 1 aromatic carbocycles. The molecular weight excluding hydrogens is 450 g/mol. The Labute approximate surface area is 201 Å². The number of benzene rings is 1. The molecule has 10 heteroatoms. The summed E-state index contributed by atoms with van der Waals surface area (Å²) < 4.78 is 1.76. The predicted molar refractivity (Wildman–Crippen MR) is 130 cm³/mol. The van der Waals surface area contributed by atoms with Crippen molar-refractivity contribution >= 4 is 23.2 Å². The number of aromatic nitrogens is 5. The van der Waals surface area contributed by atoms with Gasteiger partial charge in [0.2, 0.25) is 5.95 Å². The van der Waals surface area contributed by atoms with Crippen molar-refractivity contribution in [3.05, 3.63) is 65.4 Å². The summed E-state index contributed by atoms with van der Waals surface area (Å²) in [6.07, 6.45) is 5.85. The van der Waals surface area contributed by atoms with Crippen LogP contribution in [0, 0.1) is 0 Å². The molecule has 0 bridgehead atoms. The minimum Gasteiger partial charge on any atom is -0.375 e. The number of thiazole rings is 1. The van der Waals surface area contributed by atoms with E-state index in [4.69, 9.17) is 4.98 Å². The molecule has 1 aliphatic rings. The summed E-state index contributed by atoms with van der Waals surface area (Å²) >= 11 is 1.49. The minimum atomic E-state index is -1.48. The molecule has 4 heterocycles. The van der Waals surface area contributed by atoms with E-state index < -0.39 is 5.60 Å². The van der Waals surface area contributed by atoms with Crippen molar-refractivity contribution in [2.45, 2.75) is 25.0 Å². The summed E-state index contributed by atoms with van der Waals surface area (Å²) in [6, 6.07) is 9.25. The van der Waals surface area contributed by atoms with Crippen LogP contribution in [-0.2, 0) is 17.4 Å². The van der Waals surface area contributed by atoms with Crippen LogP contribution in [0.15, 0.2) is 54.3 Å². The smallest absolute Gasteiger partial charge is 0.258 e. The van der Waals surface area contributed by atoms with Crippen LogP contribution in [0.25, 0.3) is 22.0 Å². The number of carbonyl (C=O) groups excluding carboxylic acids is 1. The van der Waals surface area contributed by atoms with Gasteiger partial charge in [0.1, 0.15) is 10.7 Å². The second-order valence-corrected chi connectivity index (χ2v) is 9.39. The molecule has 0 spiro atoms. The standard InChI is InChI=1S/C24H25N7O2S/c1-15(17-12-26-31(3)13-17)27-23-25-9-7-19(29-23)20-14-34-21(28-20)16-5-4-6-18(11-16)24(33)8-10-30(2)22(24)32/h4-7,9,11-15,33H,8,10H2,1-3H3,(H,25,27,29). The second kappa shape index (κ2) is 8.62. The van der Waals surface area contributed by atoms with Crippen LogP contribution in [0.4, 0.5) is 5.95 Å². The van der Waals surface area contributed by atoms with Crippen molar-refractivity contribution in [1.29, 1.82) is 0 Å². The van der Waals surface area contributed by atoms with Crippen molar-refractivity contribution in [2.75, 3.05) is 18.9 Å². The van der Waals surface area contributed by atoms with Crippen LogP contribution < -0.4 is 5.32 Å². The van der Waals surface area contributed by atoms with Gasteiger partial charge in [-0.15, -0.1) is 11.3 Å². The molecule has 174 valence electrons. The summed E-state index contributed by atoms with van der Waals surface area (Å²) in [7, 11) is 3.59. The van der Waals surface area contributed by atoms with Gasteiger partial charge < -0.3 is 15.3 Å². The number of likely N-dealkylation sites (N-methyl/N-ethyl adjacent to an activating group) is 1. The molecule has 0 radical (unpaired) electrons. The van der Waals surface area contributed by atoms with Crippen LogP contribution in [0.2, 0.25) is 0 Å². The van der Waals surface area contributed by atoms with Gasteiger partial charge in [0, 0.05) is 56.0 Å². The Morgan fingerprint density at radius 2 is 2.06 bits per heavy atom. The predicted octanol–water partition coefficient (Wildman–Crippen LogP) is 3.22. The first kappa shape index (κ1) is 22.2. The van der Waals surface area contributed by atoms with E-state index in [1.54, 1.807) is 28.9 Å². The van der Waals surface area contributed by atoms with Crippen LogP contribution >= 0.6 is 11.3 Å². The number of nitrogens with zero attached hydrogens (tertiary/aromatic N) is 6. The molecule has 5 rings (SSSR count). The summed E-state index contributed by atoms with van der Waals surface area (Å²) in [5.74, 6) is 0.238. The van der Waals surface area contributed by atoms with Crippen LogP contribution in [0.5, 0.6) is 0 Å². The molecule has 0 aliphatic carbocycles. The van der Waals surface area contributed by atoms with Crippen LogP contribution in [0.1, 0.15) is 30.5 Å². The zero-order valence-corrected chi connectivity index (χ0v) is 20.0. The molecular formula is C24H25N7O2S. The first-order chi connectivity index (χ1) is 16.3. The fraction of sp³-hybridized carbons (Fsp3) is 0.292. The zero-order chi connectivity index (χ0) is 23.9. The molecule has 34 heavy (non-hydrogen) atoms. The van der Waals surface area contributed by atoms with Gasteiger partial charge in [0.05, 0.1) is 17.9 Å². The van der Waals surface area contributed by atoms with E-state index in [0.717, 1.165) is 21.8 Å². The van der Waals surface area contributed by atoms with Crippen molar-refractivity contribution < 1.29 is 9.90 Å². The van der Waals surface area contributed by atoms with Gasteiger partial charge in [-0.05, 0) is 24.6 Å². The monoisotopic (exact) mass is 475 g/mol. The molecule has 1 amide bonds. The van der Waals surface area contributed by atoms with Crippen molar-refractivity contribution in [3.8, 4) is 22.0 Å². The Hall–Kier alpha value is -3.63. The topological polar surface area (TPSA) is 109 Å². The third-order valence-corrected chi connectivity index (χ3v) is 6.98. The van der Waals surface area contributed by atoms with Gasteiger partial charge in [0.15, 0.2) is 5.60 Å².